The van der Waals surface area contributed by atoms with Crippen molar-refractivity contribution in [2.75, 3.05) is 6.54 Å². The molecule has 1 aliphatic heterocycles. The Morgan fingerprint density at radius 3 is 2.39 bits per heavy atom. The summed E-state index contributed by atoms with van der Waals surface area (Å²) in [5.74, 6) is -2.21. The van der Waals surface area contributed by atoms with Crippen LogP contribution < -0.4 is 20.1 Å². The van der Waals surface area contributed by atoms with E-state index in [9.17, 15) is 27.6 Å². The van der Waals surface area contributed by atoms with Gasteiger partial charge in [0.25, 0.3) is 11.8 Å². The molecule has 0 spiro atoms. The van der Waals surface area contributed by atoms with Crippen LogP contribution >= 0.6 is 0 Å². The predicted octanol–water partition coefficient (Wildman–Crippen LogP) is 4.12. The molecule has 0 bridgehead atoms. The van der Waals surface area contributed by atoms with Gasteiger partial charge in [0.05, 0.1) is 28.4 Å². The normalized spacial score (nSPS) is 23.8. The van der Waals surface area contributed by atoms with Crippen molar-refractivity contribution in [1.82, 2.24) is 40.2 Å². The van der Waals surface area contributed by atoms with Crippen LogP contribution in [0.4, 0.5) is 0 Å². The van der Waals surface area contributed by atoms with Crippen LogP contribution in [-0.2, 0) is 24.4 Å². The zero-order chi connectivity index (χ0) is 41.7. The van der Waals surface area contributed by atoms with Crippen molar-refractivity contribution in [3.8, 4) is 17.3 Å². The molecule has 5 atom stereocenters. The molecule has 0 unspecified atom stereocenters. The molecule has 3 heterocycles. The predicted molar refractivity (Wildman–Crippen MR) is 218 cm³/mol. The van der Waals surface area contributed by atoms with Gasteiger partial charge in [-0.15, -0.1) is 6.58 Å². The fraction of sp³-hybridized carbons (Fsp3) is 0.442. The fourth-order valence-corrected chi connectivity index (χ4v) is 9.79. The van der Waals surface area contributed by atoms with Crippen molar-refractivity contribution in [2.24, 2.45) is 17.3 Å². The Hall–Kier alpha value is -5.77. The van der Waals surface area contributed by atoms with E-state index in [1.54, 1.807) is 20.8 Å². The molecule has 0 radical (unpaired) electrons. The summed E-state index contributed by atoms with van der Waals surface area (Å²) in [4.78, 5) is 75.8. The standard InChI is InChI=1S/C43H48N8O7S/c1-5-28-23-43(28,40(55)50-59(56,57)42(17-18-42)22-26-15-16-26)49-37(53)33-21-29(25-51(33)39(54)34(41(2,3)4)47-36(52)32-24-44-19-20-45-32)58-38-30-13-9-10-14-31(30)46-35(48-38)27-11-7-6-8-12-27/h5-14,19-20,24,26,28-29,33-34H,1,15-18,21-23,25H2,2-4H3,(H,47,52)(H,49,53)(H,50,55)/t28-,29-,33+,34-,43-/m1/s1. The molecule has 59 heavy (non-hydrogen) atoms. The minimum absolute atomic E-state index is 0.00792. The zero-order valence-corrected chi connectivity index (χ0v) is 34.1. The van der Waals surface area contributed by atoms with Crippen LogP contribution in [0.15, 0.2) is 85.8 Å². The molecular formula is C43H48N8O7S. The highest BCUT2D eigenvalue weighted by Crippen LogP contribution is 2.53. The fourth-order valence-electron chi connectivity index (χ4n) is 8.05. The number of fused-ring (bicyclic) bond motifs is 1. The van der Waals surface area contributed by atoms with E-state index >= 15 is 0 Å². The van der Waals surface area contributed by atoms with E-state index in [-0.39, 0.29) is 31.0 Å². The molecule has 4 aromatic rings. The van der Waals surface area contributed by atoms with Crippen LogP contribution in [0.2, 0.25) is 0 Å². The molecule has 8 rings (SSSR count). The summed E-state index contributed by atoms with van der Waals surface area (Å²) in [5, 5.41) is 6.30. The number of rotatable bonds is 14. The second kappa shape index (κ2) is 15.1. The van der Waals surface area contributed by atoms with Gasteiger partial charge < -0.3 is 20.3 Å². The number of nitrogens with one attached hydrogen (secondary N) is 3. The number of carbonyl (C=O) groups is 4. The second-order valence-electron chi connectivity index (χ2n) is 17.4. The number of sulfonamides is 1. The molecule has 308 valence electrons. The maximum Gasteiger partial charge on any atom is 0.272 e. The highest BCUT2D eigenvalue weighted by molar-refractivity contribution is 7.91. The van der Waals surface area contributed by atoms with Gasteiger partial charge in [0.15, 0.2) is 5.82 Å². The number of amides is 4. The molecule has 3 saturated carbocycles. The molecule has 3 N–H and O–H groups in total. The first-order valence-corrected chi connectivity index (χ1v) is 21.5. The van der Waals surface area contributed by atoms with Gasteiger partial charge in [-0.1, -0.05) is 82.2 Å². The van der Waals surface area contributed by atoms with E-state index in [1.165, 1.54) is 29.6 Å². The Bertz CT molecular complexity index is 2420. The number of carbonyl (C=O) groups excluding carboxylic acids is 4. The van der Waals surface area contributed by atoms with Crippen LogP contribution in [0.25, 0.3) is 22.3 Å². The SMILES string of the molecule is C=C[C@@H]1C[C@]1(NC(=O)[C@@H]1C[C@@H](Oc2nc(-c3ccccc3)nc3ccccc23)CN1C(=O)[C@@H](NC(=O)c1cnccn1)C(C)(C)C)C(=O)NS(=O)(=O)C1(CC2CC2)CC1. The van der Waals surface area contributed by atoms with E-state index in [4.69, 9.17) is 14.7 Å². The molecule has 4 fully saturated rings. The molecule has 2 aromatic heterocycles. The molecule has 1 saturated heterocycles. The third-order valence-corrected chi connectivity index (χ3v) is 14.1. The van der Waals surface area contributed by atoms with Gasteiger partial charge >= 0.3 is 0 Å². The van der Waals surface area contributed by atoms with Crippen LogP contribution in [-0.4, -0.2) is 91.9 Å². The summed E-state index contributed by atoms with van der Waals surface area (Å²) in [6.45, 7) is 9.13. The molecule has 15 nitrogen and oxygen atoms in total. The summed E-state index contributed by atoms with van der Waals surface area (Å²) in [7, 11) is -4.04. The maximum absolute atomic E-state index is 14.8. The smallest absolute Gasteiger partial charge is 0.272 e. The number of nitrogens with zero attached hydrogens (tertiary/aromatic N) is 5. The minimum Gasteiger partial charge on any atom is -0.472 e. The quantitative estimate of drug-likeness (QED) is 0.155. The average molecular weight is 821 g/mol. The third kappa shape index (κ3) is 8.01. The number of hydrogen-bond donors (Lipinski definition) is 3. The van der Waals surface area contributed by atoms with Crippen LogP contribution in [0, 0.1) is 17.3 Å². The van der Waals surface area contributed by atoms with Crippen molar-refractivity contribution in [1.29, 1.82) is 0 Å². The van der Waals surface area contributed by atoms with Crippen molar-refractivity contribution in [3.63, 3.8) is 0 Å². The van der Waals surface area contributed by atoms with Gasteiger partial charge in [0.2, 0.25) is 27.7 Å². The summed E-state index contributed by atoms with van der Waals surface area (Å²) >= 11 is 0. The Kier molecular flexibility index (Phi) is 10.3. The maximum atomic E-state index is 14.8. The molecule has 3 aliphatic carbocycles. The summed E-state index contributed by atoms with van der Waals surface area (Å²) in [6.07, 6.45) is 8.39. The first kappa shape index (κ1) is 40.0. The highest BCUT2D eigenvalue weighted by atomic mass is 32.2. The Balaban J connectivity index is 1.10. The van der Waals surface area contributed by atoms with Crippen molar-refractivity contribution < 1.29 is 32.3 Å². The Morgan fingerprint density at radius 2 is 1.75 bits per heavy atom. The van der Waals surface area contributed by atoms with Crippen LogP contribution in [0.1, 0.15) is 76.2 Å². The van der Waals surface area contributed by atoms with Crippen molar-refractivity contribution >= 4 is 44.6 Å². The summed E-state index contributed by atoms with van der Waals surface area (Å²) in [6, 6.07) is 14.5. The van der Waals surface area contributed by atoms with Gasteiger partial charge in [-0.05, 0) is 49.1 Å². The minimum atomic E-state index is -4.04. The molecule has 4 aliphatic rings. The van der Waals surface area contributed by atoms with Crippen LogP contribution in [0.5, 0.6) is 5.88 Å². The lowest BCUT2D eigenvalue weighted by atomic mass is 9.85. The van der Waals surface area contributed by atoms with Gasteiger partial charge in [-0.3, -0.25) is 28.9 Å². The van der Waals surface area contributed by atoms with Gasteiger partial charge in [0.1, 0.15) is 29.4 Å². The number of benzene rings is 2. The Morgan fingerprint density at radius 1 is 1.02 bits per heavy atom. The number of likely N-dealkylation sites (tertiary alicyclic amines) is 1. The zero-order valence-electron chi connectivity index (χ0n) is 33.3. The Labute approximate surface area is 342 Å². The molecular weight excluding hydrogens is 773 g/mol. The van der Waals surface area contributed by atoms with Gasteiger partial charge in [-0.2, -0.15) is 4.98 Å². The van der Waals surface area contributed by atoms with E-state index < -0.39 is 73.5 Å². The average Bonchev–Trinajstić information content (AvgIpc) is 4.17. The van der Waals surface area contributed by atoms with E-state index in [1.807, 2.05) is 54.6 Å². The lowest BCUT2D eigenvalue weighted by Crippen LogP contribution is -2.60. The summed E-state index contributed by atoms with van der Waals surface area (Å²) < 4.78 is 35.2. The first-order chi connectivity index (χ1) is 28.1. The summed E-state index contributed by atoms with van der Waals surface area (Å²) in [5.41, 5.74) is -1.03. The van der Waals surface area contributed by atoms with E-state index in [2.05, 4.69) is 31.9 Å². The third-order valence-electron chi connectivity index (χ3n) is 11.9. The molecule has 4 amide bonds. The lowest BCUT2D eigenvalue weighted by Gasteiger charge is -2.35. The van der Waals surface area contributed by atoms with Gasteiger partial charge in [0, 0.05) is 30.3 Å². The first-order valence-electron chi connectivity index (χ1n) is 20.0. The van der Waals surface area contributed by atoms with E-state index in [0.29, 0.717) is 41.9 Å². The van der Waals surface area contributed by atoms with Crippen molar-refractivity contribution in [3.05, 3.63) is 91.5 Å². The lowest BCUT2D eigenvalue weighted by molar-refractivity contribution is -0.142. The number of para-hydroxylation sites is 1. The number of hydrogen-bond acceptors (Lipinski definition) is 11. The topological polar surface area (TPSA) is 203 Å². The largest absolute Gasteiger partial charge is 0.472 e. The van der Waals surface area contributed by atoms with Gasteiger partial charge in [-0.25, -0.2) is 18.4 Å². The molecule has 16 heteroatoms. The monoisotopic (exact) mass is 820 g/mol. The van der Waals surface area contributed by atoms with E-state index in [0.717, 1.165) is 18.4 Å². The highest BCUT2D eigenvalue weighted by Gasteiger charge is 2.64. The second-order valence-corrected chi connectivity index (χ2v) is 19.4. The van der Waals surface area contributed by atoms with Crippen LogP contribution in [0.3, 0.4) is 0 Å². The number of aromatic nitrogens is 4. The van der Waals surface area contributed by atoms with Crippen molar-refractivity contribution in [2.45, 2.75) is 94.2 Å². The molecule has 2 aromatic carbocycles. The number of ether oxygens (including phenoxy) is 1.